The van der Waals surface area contributed by atoms with Crippen molar-refractivity contribution < 1.29 is 18.4 Å². The third kappa shape index (κ3) is 3.61. The first kappa shape index (κ1) is 18.1. The SMILES string of the molecule is Cc1noc(C)c1CN1CCOC[C@]2(CC(=O)N(c3ccc(F)cc3)C2)C1. The van der Waals surface area contributed by atoms with Gasteiger partial charge in [0.15, 0.2) is 0 Å². The Bertz CT molecular complexity index is 816. The van der Waals surface area contributed by atoms with E-state index in [0.29, 0.717) is 26.2 Å². The molecule has 0 radical (unpaired) electrons. The van der Waals surface area contributed by atoms with Crippen LogP contribution in [0.3, 0.4) is 0 Å². The number of benzene rings is 1. The summed E-state index contributed by atoms with van der Waals surface area (Å²) in [5, 5.41) is 4.04. The monoisotopic (exact) mass is 373 g/mol. The fourth-order valence-corrected chi connectivity index (χ4v) is 4.12. The molecule has 2 aliphatic heterocycles. The van der Waals surface area contributed by atoms with Gasteiger partial charge in [0.2, 0.25) is 5.91 Å². The van der Waals surface area contributed by atoms with E-state index in [4.69, 9.17) is 9.26 Å². The first-order chi connectivity index (χ1) is 13.0. The van der Waals surface area contributed by atoms with Crippen molar-refractivity contribution in [1.29, 1.82) is 0 Å². The molecule has 2 aliphatic rings. The summed E-state index contributed by atoms with van der Waals surface area (Å²) in [5.74, 6) is 0.593. The van der Waals surface area contributed by atoms with Gasteiger partial charge in [0.25, 0.3) is 0 Å². The molecule has 7 heteroatoms. The molecular formula is C20H24FN3O3. The van der Waals surface area contributed by atoms with Crippen LogP contribution in [0.1, 0.15) is 23.4 Å². The van der Waals surface area contributed by atoms with Crippen molar-refractivity contribution in [2.24, 2.45) is 5.41 Å². The fourth-order valence-electron chi connectivity index (χ4n) is 4.12. The lowest BCUT2D eigenvalue weighted by molar-refractivity contribution is -0.118. The third-order valence-electron chi connectivity index (χ3n) is 5.54. The van der Waals surface area contributed by atoms with Gasteiger partial charge in [0, 0.05) is 49.3 Å². The molecular weight excluding hydrogens is 349 g/mol. The zero-order chi connectivity index (χ0) is 19.0. The summed E-state index contributed by atoms with van der Waals surface area (Å²) in [6.45, 7) is 7.94. The molecule has 0 N–H and O–H groups in total. The predicted molar refractivity (Wildman–Crippen MR) is 97.9 cm³/mol. The molecule has 0 aliphatic carbocycles. The van der Waals surface area contributed by atoms with Gasteiger partial charge in [-0.3, -0.25) is 9.69 Å². The number of nitrogens with zero attached hydrogens (tertiary/aromatic N) is 3. The molecule has 4 rings (SSSR count). The number of aryl methyl sites for hydroxylation is 2. The molecule has 2 saturated heterocycles. The van der Waals surface area contributed by atoms with E-state index in [1.54, 1.807) is 17.0 Å². The van der Waals surface area contributed by atoms with E-state index in [2.05, 4.69) is 10.1 Å². The summed E-state index contributed by atoms with van der Waals surface area (Å²) in [7, 11) is 0. The summed E-state index contributed by atoms with van der Waals surface area (Å²) in [5.41, 5.74) is 2.48. The Morgan fingerprint density at radius 3 is 2.70 bits per heavy atom. The Balaban J connectivity index is 1.53. The maximum absolute atomic E-state index is 13.2. The minimum Gasteiger partial charge on any atom is -0.379 e. The molecule has 1 atom stereocenters. The molecule has 6 nitrogen and oxygen atoms in total. The number of rotatable bonds is 3. The highest BCUT2D eigenvalue weighted by atomic mass is 19.1. The van der Waals surface area contributed by atoms with Crippen LogP contribution in [-0.2, 0) is 16.1 Å². The topological polar surface area (TPSA) is 58.8 Å². The van der Waals surface area contributed by atoms with Crippen LogP contribution < -0.4 is 4.90 Å². The first-order valence-electron chi connectivity index (χ1n) is 9.24. The Labute approximate surface area is 157 Å². The lowest BCUT2D eigenvalue weighted by Gasteiger charge is -2.31. The zero-order valence-corrected chi connectivity index (χ0v) is 15.7. The Morgan fingerprint density at radius 1 is 1.22 bits per heavy atom. The second kappa shape index (κ2) is 7.05. The zero-order valence-electron chi connectivity index (χ0n) is 15.7. The van der Waals surface area contributed by atoms with Gasteiger partial charge in [0.1, 0.15) is 11.6 Å². The summed E-state index contributed by atoms with van der Waals surface area (Å²) < 4.78 is 24.4. The second-order valence-electron chi connectivity index (χ2n) is 7.70. The van der Waals surface area contributed by atoms with Crippen LogP contribution in [0.25, 0.3) is 0 Å². The Hall–Kier alpha value is -2.25. The smallest absolute Gasteiger partial charge is 0.227 e. The average Bonchev–Trinajstić information content (AvgIpc) is 3.04. The van der Waals surface area contributed by atoms with E-state index >= 15 is 0 Å². The fraction of sp³-hybridized carbons (Fsp3) is 0.500. The van der Waals surface area contributed by atoms with Crippen molar-refractivity contribution in [3.05, 3.63) is 47.1 Å². The molecule has 2 aromatic rings. The highest BCUT2D eigenvalue weighted by Crippen LogP contribution is 2.37. The largest absolute Gasteiger partial charge is 0.379 e. The van der Waals surface area contributed by atoms with Crippen LogP contribution in [0.2, 0.25) is 0 Å². The summed E-state index contributed by atoms with van der Waals surface area (Å²) in [6.07, 6.45) is 0.433. The van der Waals surface area contributed by atoms with Gasteiger partial charge in [-0.1, -0.05) is 5.16 Å². The minimum absolute atomic E-state index is 0.0596. The number of carbonyl (C=O) groups is 1. The lowest BCUT2D eigenvalue weighted by atomic mass is 9.87. The number of amides is 1. The minimum atomic E-state index is -0.302. The van der Waals surface area contributed by atoms with Crippen molar-refractivity contribution >= 4 is 11.6 Å². The molecule has 3 heterocycles. The number of hydrogen-bond donors (Lipinski definition) is 0. The first-order valence-corrected chi connectivity index (χ1v) is 9.24. The maximum atomic E-state index is 13.2. The maximum Gasteiger partial charge on any atom is 0.227 e. The summed E-state index contributed by atoms with van der Waals surface area (Å²) >= 11 is 0. The molecule has 1 aromatic heterocycles. The van der Waals surface area contributed by atoms with Gasteiger partial charge < -0.3 is 14.2 Å². The molecule has 1 spiro atoms. The molecule has 144 valence electrons. The molecule has 0 saturated carbocycles. The van der Waals surface area contributed by atoms with Crippen LogP contribution in [0, 0.1) is 25.1 Å². The second-order valence-corrected chi connectivity index (χ2v) is 7.70. The lowest BCUT2D eigenvalue weighted by Crippen LogP contribution is -2.40. The average molecular weight is 373 g/mol. The molecule has 27 heavy (non-hydrogen) atoms. The van der Waals surface area contributed by atoms with Gasteiger partial charge >= 0.3 is 0 Å². The van der Waals surface area contributed by atoms with E-state index in [0.717, 1.165) is 42.3 Å². The van der Waals surface area contributed by atoms with Crippen molar-refractivity contribution in [3.63, 3.8) is 0 Å². The standard InChI is InChI=1S/C20H24FN3O3/c1-14-18(15(2)27-22-14)10-23-7-8-26-13-20(11-23)9-19(25)24(12-20)17-5-3-16(21)4-6-17/h3-6H,7-13H2,1-2H3/t20-/m1/s1. The molecule has 2 fully saturated rings. The third-order valence-corrected chi connectivity index (χ3v) is 5.54. The number of hydrogen-bond acceptors (Lipinski definition) is 5. The summed E-state index contributed by atoms with van der Waals surface area (Å²) in [6, 6.07) is 6.10. The normalized spacial score (nSPS) is 24.0. The van der Waals surface area contributed by atoms with Crippen LogP contribution >= 0.6 is 0 Å². The van der Waals surface area contributed by atoms with Gasteiger partial charge in [-0.2, -0.15) is 0 Å². The number of ether oxygens (including phenoxy) is 1. The molecule has 1 aromatic carbocycles. The van der Waals surface area contributed by atoms with Crippen LogP contribution in [0.15, 0.2) is 28.8 Å². The van der Waals surface area contributed by atoms with Crippen molar-refractivity contribution in [2.45, 2.75) is 26.8 Å². The van der Waals surface area contributed by atoms with Crippen molar-refractivity contribution in [2.75, 3.05) is 37.7 Å². The van der Waals surface area contributed by atoms with E-state index in [1.165, 1.54) is 12.1 Å². The number of anilines is 1. The van der Waals surface area contributed by atoms with Gasteiger partial charge in [0.05, 0.1) is 18.9 Å². The van der Waals surface area contributed by atoms with Crippen LogP contribution in [0.5, 0.6) is 0 Å². The van der Waals surface area contributed by atoms with Crippen LogP contribution in [-0.4, -0.2) is 48.8 Å². The summed E-state index contributed by atoms with van der Waals surface area (Å²) in [4.78, 5) is 16.8. The molecule has 0 bridgehead atoms. The van der Waals surface area contributed by atoms with E-state index in [1.807, 2.05) is 13.8 Å². The highest BCUT2D eigenvalue weighted by molar-refractivity contribution is 5.96. The van der Waals surface area contributed by atoms with Crippen LogP contribution in [0.4, 0.5) is 10.1 Å². The highest BCUT2D eigenvalue weighted by Gasteiger charge is 2.46. The Kier molecular flexibility index (Phi) is 4.74. The van der Waals surface area contributed by atoms with Gasteiger partial charge in [-0.15, -0.1) is 0 Å². The van der Waals surface area contributed by atoms with E-state index in [9.17, 15) is 9.18 Å². The predicted octanol–water partition coefficient (Wildman–Crippen LogP) is 2.69. The number of carbonyl (C=O) groups excluding carboxylic acids is 1. The molecule has 1 amide bonds. The van der Waals surface area contributed by atoms with E-state index < -0.39 is 0 Å². The van der Waals surface area contributed by atoms with Crippen molar-refractivity contribution in [3.8, 4) is 0 Å². The van der Waals surface area contributed by atoms with Crippen molar-refractivity contribution in [1.82, 2.24) is 10.1 Å². The van der Waals surface area contributed by atoms with Gasteiger partial charge in [-0.25, -0.2) is 4.39 Å². The quantitative estimate of drug-likeness (QED) is 0.828. The number of halogens is 1. The van der Waals surface area contributed by atoms with E-state index in [-0.39, 0.29) is 17.1 Å². The molecule has 0 unspecified atom stereocenters. The Morgan fingerprint density at radius 2 is 2.00 bits per heavy atom. The van der Waals surface area contributed by atoms with Gasteiger partial charge in [-0.05, 0) is 38.1 Å². The number of aromatic nitrogens is 1.